The van der Waals surface area contributed by atoms with Gasteiger partial charge in [0.2, 0.25) is 10.0 Å². The van der Waals surface area contributed by atoms with Crippen LogP contribution in [-0.4, -0.2) is 38.8 Å². The first-order valence-corrected chi connectivity index (χ1v) is 12.3. The molecule has 0 radical (unpaired) electrons. The number of hydrogen-bond acceptors (Lipinski definition) is 4. The van der Waals surface area contributed by atoms with Crippen LogP contribution >= 0.6 is 0 Å². The van der Waals surface area contributed by atoms with E-state index >= 15 is 0 Å². The Morgan fingerprint density at radius 3 is 2.39 bits per heavy atom. The van der Waals surface area contributed by atoms with Crippen molar-refractivity contribution < 1.29 is 17.9 Å². The summed E-state index contributed by atoms with van der Waals surface area (Å²) in [5.41, 5.74) is 2.38. The molecule has 1 fully saturated rings. The van der Waals surface area contributed by atoms with Gasteiger partial charge in [-0.25, -0.2) is 8.42 Å². The van der Waals surface area contributed by atoms with Gasteiger partial charge in [0.25, 0.3) is 5.91 Å². The van der Waals surface area contributed by atoms with E-state index in [0.29, 0.717) is 31.2 Å². The Kier molecular flexibility index (Phi) is 7.38. The van der Waals surface area contributed by atoms with Crippen molar-refractivity contribution in [2.75, 3.05) is 20.2 Å². The third-order valence-corrected chi connectivity index (χ3v) is 7.88. The zero-order valence-electron chi connectivity index (χ0n) is 18.7. The Bertz CT molecular complexity index is 1010. The lowest BCUT2D eigenvalue weighted by Crippen LogP contribution is -2.38. The van der Waals surface area contributed by atoms with E-state index in [1.165, 1.54) is 23.5 Å². The summed E-state index contributed by atoms with van der Waals surface area (Å²) in [5, 5.41) is 3.03. The normalized spacial score (nSPS) is 16.6. The number of carbonyl (C=O) groups excluding carboxylic acids is 1. The molecule has 1 N–H and O–H groups in total. The molecule has 0 spiro atoms. The van der Waals surface area contributed by atoms with Crippen molar-refractivity contribution in [2.24, 2.45) is 5.92 Å². The van der Waals surface area contributed by atoms with Gasteiger partial charge in [-0.15, -0.1) is 0 Å². The van der Waals surface area contributed by atoms with Crippen molar-refractivity contribution in [3.05, 3.63) is 59.2 Å². The molecule has 31 heavy (non-hydrogen) atoms. The van der Waals surface area contributed by atoms with Gasteiger partial charge in [-0.3, -0.25) is 4.79 Å². The number of amides is 1. The fraction of sp³-hybridized carbons (Fsp3) is 0.458. The van der Waals surface area contributed by atoms with Crippen LogP contribution in [0.2, 0.25) is 0 Å². The standard InChI is InChI=1S/C24H32N2O4S/c1-5-22(19-8-6-17(2)7-9-19)25-24(27)21-16-20(10-11-23(21)30-4)31(28,29)26-14-12-18(3)13-15-26/h6-11,16,18,22H,5,12-15H2,1-4H3,(H,25,27). The third kappa shape index (κ3) is 5.28. The molecule has 1 aliphatic heterocycles. The molecule has 6 nitrogen and oxygen atoms in total. The van der Waals surface area contributed by atoms with E-state index < -0.39 is 10.0 Å². The molecular weight excluding hydrogens is 412 g/mol. The highest BCUT2D eigenvalue weighted by molar-refractivity contribution is 7.89. The summed E-state index contributed by atoms with van der Waals surface area (Å²) in [5.74, 6) is 0.521. The molecule has 0 aliphatic carbocycles. The average Bonchev–Trinajstić information content (AvgIpc) is 2.77. The van der Waals surface area contributed by atoms with E-state index in [-0.39, 0.29) is 22.4 Å². The molecule has 1 heterocycles. The number of ether oxygens (including phenoxy) is 1. The Morgan fingerprint density at radius 2 is 1.81 bits per heavy atom. The monoisotopic (exact) mass is 444 g/mol. The molecule has 2 aromatic carbocycles. The number of nitrogens with zero attached hydrogens (tertiary/aromatic N) is 1. The van der Waals surface area contributed by atoms with Crippen LogP contribution in [-0.2, 0) is 10.0 Å². The summed E-state index contributed by atoms with van der Waals surface area (Å²) in [4.78, 5) is 13.3. The van der Waals surface area contributed by atoms with Gasteiger partial charge >= 0.3 is 0 Å². The van der Waals surface area contributed by atoms with Gasteiger partial charge in [0.15, 0.2) is 0 Å². The SMILES string of the molecule is CCC(NC(=O)c1cc(S(=O)(=O)N2CCC(C)CC2)ccc1OC)c1ccc(C)cc1. The number of benzene rings is 2. The third-order valence-electron chi connectivity index (χ3n) is 5.99. The van der Waals surface area contributed by atoms with Gasteiger partial charge in [-0.05, 0) is 55.9 Å². The number of rotatable bonds is 7. The lowest BCUT2D eigenvalue weighted by Gasteiger charge is -2.29. The molecule has 1 saturated heterocycles. The van der Waals surface area contributed by atoms with E-state index in [1.54, 1.807) is 6.07 Å². The second-order valence-electron chi connectivity index (χ2n) is 8.29. The largest absolute Gasteiger partial charge is 0.496 e. The summed E-state index contributed by atoms with van der Waals surface area (Å²) >= 11 is 0. The number of carbonyl (C=O) groups is 1. The van der Waals surface area contributed by atoms with Crippen LogP contribution in [0, 0.1) is 12.8 Å². The predicted octanol–water partition coefficient (Wildman–Crippen LogP) is 4.31. The van der Waals surface area contributed by atoms with Crippen LogP contribution < -0.4 is 10.1 Å². The van der Waals surface area contributed by atoms with Crippen molar-refractivity contribution in [2.45, 2.75) is 51.0 Å². The number of nitrogens with one attached hydrogen (secondary N) is 1. The molecule has 1 aliphatic rings. The Morgan fingerprint density at radius 1 is 1.16 bits per heavy atom. The lowest BCUT2D eigenvalue weighted by molar-refractivity contribution is 0.0932. The van der Waals surface area contributed by atoms with Crippen molar-refractivity contribution in [1.29, 1.82) is 0 Å². The van der Waals surface area contributed by atoms with Gasteiger partial charge in [0.05, 0.1) is 23.6 Å². The minimum absolute atomic E-state index is 0.122. The predicted molar refractivity (Wildman–Crippen MR) is 122 cm³/mol. The van der Waals surface area contributed by atoms with E-state index in [0.717, 1.165) is 24.0 Å². The summed E-state index contributed by atoms with van der Waals surface area (Å²) in [6.45, 7) is 7.16. The highest BCUT2D eigenvalue weighted by Crippen LogP contribution is 2.28. The first kappa shape index (κ1) is 23.3. The summed E-state index contributed by atoms with van der Waals surface area (Å²) in [6.07, 6.45) is 2.40. The van der Waals surface area contributed by atoms with E-state index in [4.69, 9.17) is 4.74 Å². The molecule has 7 heteroatoms. The molecule has 3 rings (SSSR count). The van der Waals surface area contributed by atoms with Gasteiger partial charge in [0, 0.05) is 13.1 Å². The van der Waals surface area contributed by atoms with Gasteiger partial charge in [-0.2, -0.15) is 4.31 Å². The highest BCUT2D eigenvalue weighted by atomic mass is 32.2. The minimum Gasteiger partial charge on any atom is -0.496 e. The maximum atomic E-state index is 13.2. The molecule has 0 aromatic heterocycles. The van der Waals surface area contributed by atoms with E-state index in [1.807, 2.05) is 38.1 Å². The van der Waals surface area contributed by atoms with E-state index in [2.05, 4.69) is 12.2 Å². The molecule has 1 atom stereocenters. The van der Waals surface area contributed by atoms with Crippen LogP contribution in [0.4, 0.5) is 0 Å². The number of sulfonamides is 1. The molecule has 0 saturated carbocycles. The van der Waals surface area contributed by atoms with E-state index in [9.17, 15) is 13.2 Å². The molecule has 2 aromatic rings. The second kappa shape index (κ2) is 9.83. The number of methoxy groups -OCH3 is 1. The zero-order valence-corrected chi connectivity index (χ0v) is 19.5. The summed E-state index contributed by atoms with van der Waals surface area (Å²) in [6, 6.07) is 12.3. The quantitative estimate of drug-likeness (QED) is 0.691. The Hall–Kier alpha value is -2.38. The number of piperidine rings is 1. The van der Waals surface area contributed by atoms with Crippen LogP contribution in [0.25, 0.3) is 0 Å². The minimum atomic E-state index is -3.66. The molecule has 0 bridgehead atoms. The van der Waals surface area contributed by atoms with Gasteiger partial charge in [-0.1, -0.05) is 43.7 Å². The first-order chi connectivity index (χ1) is 14.8. The molecule has 1 unspecified atom stereocenters. The Balaban J connectivity index is 1.87. The van der Waals surface area contributed by atoms with Gasteiger partial charge in [0.1, 0.15) is 5.75 Å². The zero-order chi connectivity index (χ0) is 22.6. The summed E-state index contributed by atoms with van der Waals surface area (Å²) < 4.78 is 33.2. The topological polar surface area (TPSA) is 75.7 Å². The fourth-order valence-electron chi connectivity index (χ4n) is 3.86. The van der Waals surface area contributed by atoms with Crippen LogP contribution in [0.15, 0.2) is 47.4 Å². The van der Waals surface area contributed by atoms with Crippen LogP contribution in [0.1, 0.15) is 60.6 Å². The Labute approximate surface area is 185 Å². The summed E-state index contributed by atoms with van der Waals surface area (Å²) in [7, 11) is -2.18. The first-order valence-electron chi connectivity index (χ1n) is 10.8. The smallest absolute Gasteiger partial charge is 0.255 e. The van der Waals surface area contributed by atoms with Crippen molar-refractivity contribution in [1.82, 2.24) is 9.62 Å². The molecular formula is C24H32N2O4S. The van der Waals surface area contributed by atoms with Crippen LogP contribution in [0.5, 0.6) is 5.75 Å². The second-order valence-corrected chi connectivity index (χ2v) is 10.2. The van der Waals surface area contributed by atoms with Crippen molar-refractivity contribution in [3.63, 3.8) is 0 Å². The highest BCUT2D eigenvalue weighted by Gasteiger charge is 2.29. The average molecular weight is 445 g/mol. The molecule has 168 valence electrons. The lowest BCUT2D eigenvalue weighted by atomic mass is 10.0. The van der Waals surface area contributed by atoms with Gasteiger partial charge < -0.3 is 10.1 Å². The maximum Gasteiger partial charge on any atom is 0.255 e. The van der Waals surface area contributed by atoms with Crippen molar-refractivity contribution >= 4 is 15.9 Å². The van der Waals surface area contributed by atoms with Crippen LogP contribution in [0.3, 0.4) is 0 Å². The maximum absolute atomic E-state index is 13.2. The molecule has 1 amide bonds. The number of hydrogen-bond donors (Lipinski definition) is 1. The fourth-order valence-corrected chi connectivity index (χ4v) is 5.35. The van der Waals surface area contributed by atoms with Crippen molar-refractivity contribution in [3.8, 4) is 5.75 Å². The number of aryl methyl sites for hydroxylation is 1.